The Morgan fingerprint density at radius 1 is 1.26 bits per heavy atom. The molecule has 0 aliphatic carbocycles. The zero-order chi connectivity index (χ0) is 16.2. The van der Waals surface area contributed by atoms with Crippen molar-refractivity contribution >= 4 is 17.2 Å². The van der Waals surface area contributed by atoms with Gasteiger partial charge in [0.15, 0.2) is 0 Å². The van der Waals surface area contributed by atoms with Crippen LogP contribution in [0, 0.1) is 12.8 Å². The van der Waals surface area contributed by atoms with Crippen LogP contribution in [0.25, 0.3) is 10.6 Å². The van der Waals surface area contributed by atoms with Crippen LogP contribution in [0.2, 0.25) is 0 Å². The van der Waals surface area contributed by atoms with E-state index < -0.39 is 0 Å². The van der Waals surface area contributed by atoms with Crippen LogP contribution in [0.5, 0.6) is 0 Å². The molecule has 4 heteroatoms. The molecule has 2 aromatic rings. The molecule has 2 heterocycles. The van der Waals surface area contributed by atoms with Crippen LogP contribution in [-0.4, -0.2) is 28.9 Å². The van der Waals surface area contributed by atoms with E-state index in [-0.39, 0.29) is 5.91 Å². The highest BCUT2D eigenvalue weighted by Crippen LogP contribution is 2.25. The molecule has 0 bridgehead atoms. The molecule has 1 amide bonds. The van der Waals surface area contributed by atoms with Crippen molar-refractivity contribution in [3.63, 3.8) is 0 Å². The second-order valence-corrected chi connectivity index (χ2v) is 7.43. The number of nitrogens with zero attached hydrogens (tertiary/aromatic N) is 2. The van der Waals surface area contributed by atoms with Crippen LogP contribution in [0.4, 0.5) is 0 Å². The Kier molecular flexibility index (Phi) is 5.11. The predicted octanol–water partition coefficient (Wildman–Crippen LogP) is 4.31. The molecule has 0 atom stereocenters. The molecule has 0 spiro atoms. The van der Waals surface area contributed by atoms with Gasteiger partial charge in [-0.1, -0.05) is 36.8 Å². The lowest BCUT2D eigenvalue weighted by Crippen LogP contribution is -2.38. The van der Waals surface area contributed by atoms with E-state index in [0.717, 1.165) is 54.5 Å². The van der Waals surface area contributed by atoms with E-state index in [4.69, 9.17) is 0 Å². The fourth-order valence-electron chi connectivity index (χ4n) is 2.90. The molecule has 1 aromatic heterocycles. The highest BCUT2D eigenvalue weighted by molar-refractivity contribution is 7.13. The molecule has 0 radical (unpaired) electrons. The Labute approximate surface area is 142 Å². The molecule has 0 saturated carbocycles. The first kappa shape index (κ1) is 16.2. The fourth-order valence-corrected chi connectivity index (χ4v) is 3.76. The van der Waals surface area contributed by atoms with E-state index in [1.165, 1.54) is 5.56 Å². The van der Waals surface area contributed by atoms with Crippen LogP contribution >= 0.6 is 11.3 Å². The van der Waals surface area contributed by atoms with Gasteiger partial charge >= 0.3 is 0 Å². The lowest BCUT2D eigenvalue weighted by atomic mass is 9.99. The molecular formula is C19H24N2OS. The second kappa shape index (κ2) is 7.26. The Morgan fingerprint density at radius 2 is 1.96 bits per heavy atom. The topological polar surface area (TPSA) is 33.2 Å². The van der Waals surface area contributed by atoms with Gasteiger partial charge in [0, 0.05) is 30.5 Å². The highest BCUT2D eigenvalue weighted by Gasteiger charge is 2.20. The van der Waals surface area contributed by atoms with E-state index >= 15 is 0 Å². The fraction of sp³-hybridized carbons (Fsp3) is 0.474. The molecule has 3 nitrogen and oxygen atoms in total. The summed E-state index contributed by atoms with van der Waals surface area (Å²) >= 11 is 1.66. The lowest BCUT2D eigenvalue weighted by Gasteiger charge is -2.30. The maximum absolute atomic E-state index is 12.3. The summed E-state index contributed by atoms with van der Waals surface area (Å²) in [4.78, 5) is 19.0. The quantitative estimate of drug-likeness (QED) is 0.838. The Bertz CT molecular complexity index is 654. The van der Waals surface area contributed by atoms with Crippen molar-refractivity contribution in [3.8, 4) is 10.6 Å². The number of piperidine rings is 1. The standard InChI is InChI=1S/C19H24N2OS/c1-14-3-5-16(6-4-14)19-20-17(13-23-19)7-8-18(22)21-11-9-15(2)10-12-21/h3-6,13,15H,7-12H2,1-2H3. The van der Waals surface area contributed by atoms with Crippen LogP contribution in [-0.2, 0) is 11.2 Å². The van der Waals surface area contributed by atoms with Gasteiger partial charge in [0.25, 0.3) is 0 Å². The number of thiazole rings is 1. The number of rotatable bonds is 4. The number of hydrogen-bond acceptors (Lipinski definition) is 3. The molecule has 1 aromatic carbocycles. The minimum atomic E-state index is 0.279. The number of hydrogen-bond donors (Lipinski definition) is 0. The second-order valence-electron chi connectivity index (χ2n) is 6.57. The smallest absolute Gasteiger partial charge is 0.222 e. The number of aryl methyl sites for hydroxylation is 2. The average molecular weight is 328 g/mol. The van der Waals surface area contributed by atoms with Gasteiger partial charge in [0.05, 0.1) is 5.69 Å². The molecule has 1 aliphatic heterocycles. The number of carbonyl (C=O) groups is 1. The van der Waals surface area contributed by atoms with E-state index in [1.54, 1.807) is 11.3 Å². The minimum Gasteiger partial charge on any atom is -0.343 e. The van der Waals surface area contributed by atoms with Gasteiger partial charge in [0.1, 0.15) is 5.01 Å². The van der Waals surface area contributed by atoms with Crippen LogP contribution in [0.15, 0.2) is 29.6 Å². The van der Waals surface area contributed by atoms with E-state index in [0.29, 0.717) is 6.42 Å². The molecule has 122 valence electrons. The van der Waals surface area contributed by atoms with Crippen LogP contribution in [0.3, 0.4) is 0 Å². The minimum absolute atomic E-state index is 0.279. The number of amides is 1. The lowest BCUT2D eigenvalue weighted by molar-refractivity contribution is -0.132. The summed E-state index contributed by atoms with van der Waals surface area (Å²) in [6.07, 6.45) is 3.60. The van der Waals surface area contributed by atoms with Crippen molar-refractivity contribution in [2.24, 2.45) is 5.92 Å². The van der Waals surface area contributed by atoms with Crippen molar-refractivity contribution in [3.05, 3.63) is 40.9 Å². The van der Waals surface area contributed by atoms with Crippen molar-refractivity contribution in [1.29, 1.82) is 0 Å². The van der Waals surface area contributed by atoms with Gasteiger partial charge in [-0.05, 0) is 32.1 Å². The normalized spacial score (nSPS) is 15.8. The van der Waals surface area contributed by atoms with Crippen LogP contribution < -0.4 is 0 Å². The summed E-state index contributed by atoms with van der Waals surface area (Å²) in [5, 5.41) is 3.13. The van der Waals surface area contributed by atoms with Gasteiger partial charge in [-0.25, -0.2) is 4.98 Å². The SMILES string of the molecule is Cc1ccc(-c2nc(CCC(=O)N3CCC(C)CC3)cs2)cc1. The Hall–Kier alpha value is -1.68. The van der Waals surface area contributed by atoms with Crippen molar-refractivity contribution in [2.75, 3.05) is 13.1 Å². The maximum Gasteiger partial charge on any atom is 0.222 e. The molecular weight excluding hydrogens is 304 g/mol. The monoisotopic (exact) mass is 328 g/mol. The van der Waals surface area contributed by atoms with Crippen molar-refractivity contribution < 1.29 is 4.79 Å². The van der Waals surface area contributed by atoms with Gasteiger partial charge in [0.2, 0.25) is 5.91 Å². The molecule has 0 unspecified atom stereocenters. The Balaban J connectivity index is 1.55. The third kappa shape index (κ3) is 4.20. The number of benzene rings is 1. The third-order valence-corrected chi connectivity index (χ3v) is 5.52. The van der Waals surface area contributed by atoms with Crippen molar-refractivity contribution in [1.82, 2.24) is 9.88 Å². The zero-order valence-electron chi connectivity index (χ0n) is 13.9. The first-order valence-electron chi connectivity index (χ1n) is 8.41. The summed E-state index contributed by atoms with van der Waals surface area (Å²) in [5.41, 5.74) is 3.44. The first-order chi connectivity index (χ1) is 11.1. The maximum atomic E-state index is 12.3. The summed E-state index contributed by atoms with van der Waals surface area (Å²) < 4.78 is 0. The summed E-state index contributed by atoms with van der Waals surface area (Å²) in [6.45, 7) is 6.20. The van der Waals surface area contributed by atoms with E-state index in [9.17, 15) is 4.79 Å². The summed E-state index contributed by atoms with van der Waals surface area (Å²) in [6, 6.07) is 8.44. The third-order valence-electron chi connectivity index (χ3n) is 4.58. The van der Waals surface area contributed by atoms with Crippen molar-refractivity contribution in [2.45, 2.75) is 39.5 Å². The summed E-state index contributed by atoms with van der Waals surface area (Å²) in [7, 11) is 0. The summed E-state index contributed by atoms with van der Waals surface area (Å²) in [5.74, 6) is 1.04. The van der Waals surface area contributed by atoms with E-state index in [2.05, 4.69) is 48.5 Å². The number of carbonyl (C=O) groups excluding carboxylic acids is 1. The molecule has 23 heavy (non-hydrogen) atoms. The number of aromatic nitrogens is 1. The van der Waals surface area contributed by atoms with Gasteiger partial charge in [-0.15, -0.1) is 11.3 Å². The molecule has 1 aliphatic rings. The van der Waals surface area contributed by atoms with Gasteiger partial charge in [-0.2, -0.15) is 0 Å². The predicted molar refractivity (Wildman–Crippen MR) is 95.6 cm³/mol. The molecule has 3 rings (SSSR count). The largest absolute Gasteiger partial charge is 0.343 e. The van der Waals surface area contributed by atoms with Crippen LogP contribution in [0.1, 0.15) is 37.4 Å². The first-order valence-corrected chi connectivity index (χ1v) is 9.29. The molecule has 1 saturated heterocycles. The van der Waals surface area contributed by atoms with Gasteiger partial charge < -0.3 is 4.90 Å². The average Bonchev–Trinajstić information content (AvgIpc) is 3.03. The van der Waals surface area contributed by atoms with E-state index in [1.807, 2.05) is 4.90 Å². The molecule has 1 fully saturated rings. The Morgan fingerprint density at radius 3 is 2.65 bits per heavy atom. The highest BCUT2D eigenvalue weighted by atomic mass is 32.1. The zero-order valence-corrected chi connectivity index (χ0v) is 14.7. The van der Waals surface area contributed by atoms with Gasteiger partial charge in [-0.3, -0.25) is 4.79 Å². The molecule has 0 N–H and O–H groups in total. The number of likely N-dealkylation sites (tertiary alicyclic amines) is 1.